The Hall–Kier alpha value is -1.42. The van der Waals surface area contributed by atoms with Crippen molar-refractivity contribution in [3.05, 3.63) is 24.3 Å². The van der Waals surface area contributed by atoms with Crippen molar-refractivity contribution >= 4 is 11.0 Å². The van der Waals surface area contributed by atoms with Crippen LogP contribution in [0.4, 0.5) is 0 Å². The van der Waals surface area contributed by atoms with E-state index in [1.54, 1.807) is 12.4 Å². The second-order valence-electron chi connectivity index (χ2n) is 3.69. The Morgan fingerprint density at radius 2 is 2.40 bits per heavy atom. The number of hydrogen-bond donors (Lipinski definition) is 2. The molecule has 2 aromatic heterocycles. The fraction of sp³-hybridized carbons (Fsp3) is 0.455. The first-order valence-electron chi connectivity index (χ1n) is 5.34. The lowest BCUT2D eigenvalue weighted by molar-refractivity contribution is 0.550. The van der Waals surface area contributed by atoms with Crippen LogP contribution < -0.4 is 5.32 Å². The largest absolute Gasteiger partial charge is 0.339 e. The van der Waals surface area contributed by atoms with E-state index in [2.05, 4.69) is 34.1 Å². The molecule has 0 aromatic carbocycles. The molecule has 2 N–H and O–H groups in total. The monoisotopic (exact) mass is 204 g/mol. The summed E-state index contributed by atoms with van der Waals surface area (Å²) in [7, 11) is 0. The molecule has 0 aliphatic carbocycles. The van der Waals surface area contributed by atoms with Gasteiger partial charge in [0.25, 0.3) is 0 Å². The van der Waals surface area contributed by atoms with E-state index < -0.39 is 0 Å². The molecule has 2 rings (SSSR count). The van der Waals surface area contributed by atoms with Crippen LogP contribution in [0.2, 0.25) is 0 Å². The molecule has 4 heteroatoms. The number of hydrogen-bond acceptors (Lipinski definition) is 3. The first kappa shape index (κ1) is 10.1. The van der Waals surface area contributed by atoms with Crippen molar-refractivity contribution in [2.45, 2.75) is 26.3 Å². The van der Waals surface area contributed by atoms with Crippen molar-refractivity contribution in [1.82, 2.24) is 20.3 Å². The number of aromatic amines is 1. The third kappa shape index (κ3) is 2.15. The molecule has 0 saturated heterocycles. The Morgan fingerprint density at radius 3 is 3.13 bits per heavy atom. The van der Waals surface area contributed by atoms with E-state index in [1.165, 1.54) is 0 Å². The molecule has 2 heterocycles. The van der Waals surface area contributed by atoms with Crippen LogP contribution in [0, 0.1) is 0 Å². The molecule has 1 atom stereocenters. The van der Waals surface area contributed by atoms with E-state index in [0.29, 0.717) is 0 Å². The summed E-state index contributed by atoms with van der Waals surface area (Å²) in [5, 5.41) is 3.40. The molecule has 0 aliphatic heterocycles. The quantitative estimate of drug-likeness (QED) is 0.801. The van der Waals surface area contributed by atoms with Gasteiger partial charge in [0.15, 0.2) is 0 Å². The van der Waals surface area contributed by atoms with E-state index in [0.717, 1.165) is 29.8 Å². The van der Waals surface area contributed by atoms with Gasteiger partial charge in [0.2, 0.25) is 0 Å². The number of rotatable bonds is 4. The molecule has 4 nitrogen and oxygen atoms in total. The van der Waals surface area contributed by atoms with Gasteiger partial charge in [0.1, 0.15) is 5.82 Å². The summed E-state index contributed by atoms with van der Waals surface area (Å²) >= 11 is 0. The van der Waals surface area contributed by atoms with Crippen LogP contribution in [0.15, 0.2) is 18.5 Å². The summed E-state index contributed by atoms with van der Waals surface area (Å²) in [6, 6.07) is 2.18. The lowest BCUT2D eigenvalue weighted by atomic mass is 10.3. The minimum atomic E-state index is 0.261. The molecule has 0 saturated carbocycles. The number of H-pyrrole nitrogens is 1. The summed E-state index contributed by atoms with van der Waals surface area (Å²) in [6.45, 7) is 5.28. The van der Waals surface area contributed by atoms with Crippen LogP contribution in [0.1, 0.15) is 32.1 Å². The average molecular weight is 204 g/mol. The van der Waals surface area contributed by atoms with E-state index in [1.807, 2.05) is 6.07 Å². The highest BCUT2D eigenvalue weighted by atomic mass is 15.0. The number of imidazole rings is 1. The topological polar surface area (TPSA) is 53.6 Å². The van der Waals surface area contributed by atoms with Gasteiger partial charge in [-0.1, -0.05) is 6.92 Å². The number of fused-ring (bicyclic) bond motifs is 1. The molecule has 0 spiro atoms. The van der Waals surface area contributed by atoms with Crippen LogP contribution in [0.25, 0.3) is 11.0 Å². The zero-order valence-corrected chi connectivity index (χ0v) is 9.12. The molecule has 0 bridgehead atoms. The van der Waals surface area contributed by atoms with Crippen molar-refractivity contribution in [2.24, 2.45) is 0 Å². The molecule has 0 amide bonds. The van der Waals surface area contributed by atoms with Crippen molar-refractivity contribution < 1.29 is 0 Å². The zero-order chi connectivity index (χ0) is 10.7. The van der Waals surface area contributed by atoms with Crippen molar-refractivity contribution in [3.8, 4) is 0 Å². The molecule has 80 valence electrons. The first-order valence-corrected chi connectivity index (χ1v) is 5.34. The Balaban J connectivity index is 2.20. The van der Waals surface area contributed by atoms with Crippen LogP contribution in [-0.4, -0.2) is 21.5 Å². The van der Waals surface area contributed by atoms with Crippen molar-refractivity contribution in [1.29, 1.82) is 0 Å². The molecule has 0 aliphatic rings. The zero-order valence-electron chi connectivity index (χ0n) is 9.12. The Labute approximate surface area is 89.1 Å². The second kappa shape index (κ2) is 4.40. The normalized spacial score (nSPS) is 13.2. The van der Waals surface area contributed by atoms with Crippen molar-refractivity contribution in [2.75, 3.05) is 6.54 Å². The predicted molar refractivity (Wildman–Crippen MR) is 60.6 cm³/mol. The number of pyridine rings is 1. The van der Waals surface area contributed by atoms with Gasteiger partial charge in [-0.15, -0.1) is 0 Å². The van der Waals surface area contributed by atoms with Gasteiger partial charge in [0, 0.05) is 6.20 Å². The Bertz CT molecular complexity index is 402. The van der Waals surface area contributed by atoms with Gasteiger partial charge in [0.05, 0.1) is 23.3 Å². The standard InChI is InChI=1S/C11H16N4/c1-3-5-13-8(2)11-14-9-4-6-12-7-10(9)15-11/h4,6-8,13H,3,5H2,1-2H3,(H,14,15). The molecule has 15 heavy (non-hydrogen) atoms. The maximum Gasteiger partial charge on any atom is 0.124 e. The highest BCUT2D eigenvalue weighted by Crippen LogP contribution is 2.14. The van der Waals surface area contributed by atoms with Gasteiger partial charge in [-0.25, -0.2) is 4.98 Å². The van der Waals surface area contributed by atoms with Crippen LogP contribution >= 0.6 is 0 Å². The summed E-state index contributed by atoms with van der Waals surface area (Å²) in [4.78, 5) is 11.8. The SMILES string of the molecule is CCCNC(C)c1nc2ccncc2[nH]1. The minimum absolute atomic E-state index is 0.261. The lowest BCUT2D eigenvalue weighted by Gasteiger charge is -2.09. The fourth-order valence-electron chi connectivity index (χ4n) is 1.54. The van der Waals surface area contributed by atoms with Gasteiger partial charge in [-0.3, -0.25) is 4.98 Å². The highest BCUT2D eigenvalue weighted by Gasteiger charge is 2.08. The minimum Gasteiger partial charge on any atom is -0.339 e. The molecule has 2 aromatic rings. The van der Waals surface area contributed by atoms with Gasteiger partial charge >= 0.3 is 0 Å². The fourth-order valence-corrected chi connectivity index (χ4v) is 1.54. The summed E-state index contributed by atoms with van der Waals surface area (Å²) in [5.41, 5.74) is 1.97. The van der Waals surface area contributed by atoms with Crippen LogP contribution in [0.3, 0.4) is 0 Å². The Kier molecular flexibility index (Phi) is 2.97. The highest BCUT2D eigenvalue weighted by molar-refractivity contribution is 5.73. The van der Waals surface area contributed by atoms with Crippen LogP contribution in [-0.2, 0) is 0 Å². The Morgan fingerprint density at radius 1 is 1.53 bits per heavy atom. The predicted octanol–water partition coefficient (Wildman–Crippen LogP) is 2.02. The second-order valence-corrected chi connectivity index (χ2v) is 3.69. The molecule has 0 fully saturated rings. The van der Waals surface area contributed by atoms with Crippen LogP contribution in [0.5, 0.6) is 0 Å². The third-order valence-corrected chi connectivity index (χ3v) is 2.41. The average Bonchev–Trinajstić information content (AvgIpc) is 2.69. The number of aromatic nitrogens is 3. The van der Waals surface area contributed by atoms with E-state index in [4.69, 9.17) is 0 Å². The van der Waals surface area contributed by atoms with E-state index in [9.17, 15) is 0 Å². The molecule has 1 unspecified atom stereocenters. The summed E-state index contributed by atoms with van der Waals surface area (Å²) in [5.74, 6) is 0.978. The molecule has 0 radical (unpaired) electrons. The van der Waals surface area contributed by atoms with Crippen molar-refractivity contribution in [3.63, 3.8) is 0 Å². The summed E-state index contributed by atoms with van der Waals surface area (Å²) < 4.78 is 0. The maximum absolute atomic E-state index is 4.51. The van der Waals surface area contributed by atoms with E-state index >= 15 is 0 Å². The molecular formula is C11H16N4. The van der Waals surface area contributed by atoms with Gasteiger partial charge in [-0.2, -0.15) is 0 Å². The van der Waals surface area contributed by atoms with Gasteiger partial charge < -0.3 is 10.3 Å². The van der Waals surface area contributed by atoms with Gasteiger partial charge in [-0.05, 0) is 26.0 Å². The first-order chi connectivity index (χ1) is 7.31. The van der Waals surface area contributed by atoms with E-state index in [-0.39, 0.29) is 6.04 Å². The summed E-state index contributed by atoms with van der Waals surface area (Å²) in [6.07, 6.45) is 4.70. The lowest BCUT2D eigenvalue weighted by Crippen LogP contribution is -2.20. The number of nitrogens with one attached hydrogen (secondary N) is 2. The molecular weight excluding hydrogens is 188 g/mol. The maximum atomic E-state index is 4.51. The smallest absolute Gasteiger partial charge is 0.124 e. The third-order valence-electron chi connectivity index (χ3n) is 2.41. The number of nitrogens with zero attached hydrogens (tertiary/aromatic N) is 2.